The lowest BCUT2D eigenvalue weighted by Crippen LogP contribution is -1.86. The minimum Gasteiger partial charge on any atom is -0.355 e. The van der Waals surface area contributed by atoms with Crippen LogP contribution in [-0.2, 0) is 0 Å². The average Bonchev–Trinajstić information content (AvgIpc) is 2.98. The Morgan fingerprint density at radius 1 is 0.792 bits per heavy atom. The quantitative estimate of drug-likeness (QED) is 0.313. The lowest BCUT2D eigenvalue weighted by atomic mass is 10.1. The molecule has 0 saturated heterocycles. The Morgan fingerprint density at radius 2 is 1.46 bits per heavy atom. The number of nitro benzene ring substituents is 1. The van der Waals surface area contributed by atoms with Crippen LogP contribution in [0.15, 0.2) is 66.7 Å². The van der Waals surface area contributed by atoms with Crippen molar-refractivity contribution in [2.24, 2.45) is 0 Å². The van der Waals surface area contributed by atoms with Crippen molar-refractivity contribution < 1.29 is 4.92 Å². The summed E-state index contributed by atoms with van der Waals surface area (Å²) < 4.78 is 0. The molecular formula is C20H14N2O2. The molecule has 0 radical (unpaired) electrons. The van der Waals surface area contributed by atoms with Crippen molar-refractivity contribution >= 4 is 39.6 Å². The molecule has 1 heterocycles. The molecule has 0 saturated carbocycles. The molecule has 24 heavy (non-hydrogen) atoms. The predicted molar refractivity (Wildman–Crippen MR) is 97.8 cm³/mol. The van der Waals surface area contributed by atoms with Gasteiger partial charge in [0.1, 0.15) is 0 Å². The zero-order valence-corrected chi connectivity index (χ0v) is 12.8. The fourth-order valence-corrected chi connectivity index (χ4v) is 2.87. The largest absolute Gasteiger partial charge is 0.355 e. The molecule has 0 unspecified atom stereocenters. The number of aromatic nitrogens is 1. The van der Waals surface area contributed by atoms with Crippen molar-refractivity contribution in [2.45, 2.75) is 0 Å². The zero-order valence-electron chi connectivity index (χ0n) is 12.8. The first kappa shape index (κ1) is 14.2. The highest BCUT2D eigenvalue weighted by molar-refractivity contribution is 6.07. The second-order valence-electron chi connectivity index (χ2n) is 5.66. The van der Waals surface area contributed by atoms with Gasteiger partial charge in [-0.3, -0.25) is 10.1 Å². The molecule has 1 aromatic heterocycles. The van der Waals surface area contributed by atoms with Crippen LogP contribution in [0.1, 0.15) is 11.1 Å². The summed E-state index contributed by atoms with van der Waals surface area (Å²) in [5, 5.41) is 13.1. The summed E-state index contributed by atoms with van der Waals surface area (Å²) in [4.78, 5) is 13.7. The molecule has 0 aliphatic rings. The van der Waals surface area contributed by atoms with Gasteiger partial charge in [0.05, 0.1) is 4.92 Å². The van der Waals surface area contributed by atoms with E-state index in [1.807, 2.05) is 24.3 Å². The second kappa shape index (κ2) is 5.66. The van der Waals surface area contributed by atoms with Crippen molar-refractivity contribution in [3.8, 4) is 0 Å². The average molecular weight is 314 g/mol. The molecule has 0 fully saturated rings. The van der Waals surface area contributed by atoms with Crippen LogP contribution in [0.3, 0.4) is 0 Å². The maximum atomic E-state index is 10.7. The van der Waals surface area contributed by atoms with Gasteiger partial charge in [-0.25, -0.2) is 0 Å². The Balaban J connectivity index is 1.68. The summed E-state index contributed by atoms with van der Waals surface area (Å²) in [7, 11) is 0. The molecule has 0 spiro atoms. The molecule has 3 aromatic carbocycles. The Bertz CT molecular complexity index is 1080. The molecule has 4 nitrogen and oxygen atoms in total. The number of rotatable bonds is 3. The van der Waals surface area contributed by atoms with E-state index in [0.29, 0.717) is 0 Å². The van der Waals surface area contributed by atoms with Crippen molar-refractivity contribution in [1.29, 1.82) is 0 Å². The molecule has 4 heteroatoms. The number of nitrogens with one attached hydrogen (secondary N) is 1. The molecule has 116 valence electrons. The topological polar surface area (TPSA) is 58.9 Å². The smallest absolute Gasteiger partial charge is 0.269 e. The number of fused-ring (bicyclic) bond motifs is 3. The van der Waals surface area contributed by atoms with Crippen LogP contribution in [0.25, 0.3) is 34.0 Å². The zero-order chi connectivity index (χ0) is 16.5. The maximum absolute atomic E-state index is 10.7. The van der Waals surface area contributed by atoms with Gasteiger partial charge in [-0.1, -0.05) is 36.4 Å². The molecule has 4 aromatic rings. The fraction of sp³-hybridized carbons (Fsp3) is 0. The van der Waals surface area contributed by atoms with Gasteiger partial charge < -0.3 is 4.98 Å². The maximum Gasteiger partial charge on any atom is 0.269 e. The molecule has 4 rings (SSSR count). The van der Waals surface area contributed by atoms with Gasteiger partial charge in [0.15, 0.2) is 0 Å². The van der Waals surface area contributed by atoms with Crippen LogP contribution in [0.2, 0.25) is 0 Å². The van der Waals surface area contributed by atoms with Crippen molar-refractivity contribution in [1.82, 2.24) is 4.98 Å². The molecule has 0 aliphatic heterocycles. The van der Waals surface area contributed by atoms with Crippen LogP contribution < -0.4 is 0 Å². The lowest BCUT2D eigenvalue weighted by Gasteiger charge is -1.97. The van der Waals surface area contributed by atoms with E-state index in [2.05, 4.69) is 35.3 Å². The third-order valence-electron chi connectivity index (χ3n) is 4.10. The van der Waals surface area contributed by atoms with Gasteiger partial charge in [0.25, 0.3) is 5.69 Å². The number of H-pyrrole nitrogens is 1. The molecular weight excluding hydrogens is 300 g/mol. The normalized spacial score (nSPS) is 11.5. The highest BCUT2D eigenvalue weighted by Crippen LogP contribution is 2.26. The summed E-state index contributed by atoms with van der Waals surface area (Å²) in [6, 6.07) is 21.0. The number of benzene rings is 3. The summed E-state index contributed by atoms with van der Waals surface area (Å²) in [5.74, 6) is 0. The molecule has 1 N–H and O–H groups in total. The summed E-state index contributed by atoms with van der Waals surface area (Å²) in [6.07, 6.45) is 3.97. The minimum absolute atomic E-state index is 0.104. The first-order valence-corrected chi connectivity index (χ1v) is 7.64. The van der Waals surface area contributed by atoms with Crippen LogP contribution in [0, 0.1) is 10.1 Å². The van der Waals surface area contributed by atoms with E-state index in [9.17, 15) is 10.1 Å². The number of para-hydroxylation sites is 1. The standard InChI is InChI=1S/C20H14N2O2/c23-22(24)16-10-7-14(8-11-16)5-6-15-9-12-20-18(13-15)17-3-1-2-4-19(17)21-20/h1-13,21H. The van der Waals surface area contributed by atoms with E-state index in [4.69, 9.17) is 0 Å². The van der Waals surface area contributed by atoms with Crippen molar-refractivity contribution in [3.05, 3.63) is 88.0 Å². The minimum atomic E-state index is -0.390. The van der Waals surface area contributed by atoms with E-state index in [0.717, 1.165) is 22.2 Å². The van der Waals surface area contributed by atoms with Crippen LogP contribution >= 0.6 is 0 Å². The van der Waals surface area contributed by atoms with Gasteiger partial charge >= 0.3 is 0 Å². The highest BCUT2D eigenvalue weighted by Gasteiger charge is 2.04. The van der Waals surface area contributed by atoms with Gasteiger partial charge in [-0.2, -0.15) is 0 Å². The summed E-state index contributed by atoms with van der Waals surface area (Å²) in [6.45, 7) is 0. The van der Waals surface area contributed by atoms with Gasteiger partial charge in [0, 0.05) is 33.9 Å². The number of nitrogens with zero attached hydrogens (tertiary/aromatic N) is 1. The van der Waals surface area contributed by atoms with E-state index in [-0.39, 0.29) is 5.69 Å². The first-order valence-electron chi connectivity index (χ1n) is 7.64. The Labute approximate surface area is 138 Å². The molecule has 0 aliphatic carbocycles. The highest BCUT2D eigenvalue weighted by atomic mass is 16.6. The van der Waals surface area contributed by atoms with Crippen LogP contribution in [0.5, 0.6) is 0 Å². The van der Waals surface area contributed by atoms with Crippen LogP contribution in [-0.4, -0.2) is 9.91 Å². The Morgan fingerprint density at radius 3 is 2.25 bits per heavy atom. The first-order chi connectivity index (χ1) is 11.7. The van der Waals surface area contributed by atoms with Crippen LogP contribution in [0.4, 0.5) is 5.69 Å². The number of non-ortho nitro benzene ring substituents is 1. The number of hydrogen-bond donors (Lipinski definition) is 1. The number of hydrogen-bond acceptors (Lipinski definition) is 2. The lowest BCUT2D eigenvalue weighted by molar-refractivity contribution is -0.384. The predicted octanol–water partition coefficient (Wildman–Crippen LogP) is 5.40. The molecule has 0 amide bonds. The Kier molecular flexibility index (Phi) is 3.35. The van der Waals surface area contributed by atoms with Gasteiger partial charge in [-0.15, -0.1) is 0 Å². The van der Waals surface area contributed by atoms with Gasteiger partial charge in [0.2, 0.25) is 0 Å². The summed E-state index contributed by atoms with van der Waals surface area (Å²) >= 11 is 0. The van der Waals surface area contributed by atoms with E-state index >= 15 is 0 Å². The van der Waals surface area contributed by atoms with Gasteiger partial charge in [-0.05, 0) is 41.5 Å². The SMILES string of the molecule is O=[N+]([O-])c1ccc(C=Cc2ccc3[nH]c4ccccc4c3c2)cc1. The monoisotopic (exact) mass is 314 g/mol. The fourth-order valence-electron chi connectivity index (χ4n) is 2.87. The summed E-state index contributed by atoms with van der Waals surface area (Å²) in [5.41, 5.74) is 4.37. The third kappa shape index (κ3) is 2.54. The molecule has 0 bridgehead atoms. The second-order valence-corrected chi connectivity index (χ2v) is 5.66. The van der Waals surface area contributed by atoms with E-state index in [1.165, 1.54) is 22.9 Å². The van der Waals surface area contributed by atoms with Crippen molar-refractivity contribution in [3.63, 3.8) is 0 Å². The Hall–Kier alpha value is -3.40. The van der Waals surface area contributed by atoms with E-state index < -0.39 is 4.92 Å². The van der Waals surface area contributed by atoms with Crippen molar-refractivity contribution in [2.75, 3.05) is 0 Å². The number of nitro groups is 1. The number of aromatic amines is 1. The molecule has 0 atom stereocenters. The van der Waals surface area contributed by atoms with E-state index in [1.54, 1.807) is 12.1 Å². The third-order valence-corrected chi connectivity index (χ3v) is 4.10.